The Balaban J connectivity index is 1.98. The lowest BCUT2D eigenvalue weighted by molar-refractivity contribution is -0.147. The first-order valence-electron chi connectivity index (χ1n) is 11.6. The van der Waals surface area contributed by atoms with Gasteiger partial charge in [0.25, 0.3) is 0 Å². The summed E-state index contributed by atoms with van der Waals surface area (Å²) in [5, 5.41) is 3.01. The molecule has 2 N–H and O–H groups in total. The van der Waals surface area contributed by atoms with Crippen LogP contribution in [0.5, 0.6) is 0 Å². The Morgan fingerprint density at radius 2 is 1.76 bits per heavy atom. The van der Waals surface area contributed by atoms with Crippen molar-refractivity contribution in [3.05, 3.63) is 59.2 Å². The van der Waals surface area contributed by atoms with E-state index in [0.29, 0.717) is 30.8 Å². The summed E-state index contributed by atoms with van der Waals surface area (Å²) >= 11 is 0. The molecule has 7 nitrogen and oxygen atoms in total. The van der Waals surface area contributed by atoms with Crippen molar-refractivity contribution in [1.82, 2.24) is 4.90 Å². The number of carbonyl (C=O) groups excluding carboxylic acids is 2. The molecule has 1 aliphatic heterocycles. The van der Waals surface area contributed by atoms with E-state index < -0.39 is 21.5 Å². The van der Waals surface area contributed by atoms with E-state index in [0.717, 1.165) is 22.9 Å². The maximum absolute atomic E-state index is 13.6. The van der Waals surface area contributed by atoms with E-state index in [2.05, 4.69) is 10.0 Å². The molecule has 0 aliphatic carbocycles. The Morgan fingerprint density at radius 3 is 2.35 bits per heavy atom. The van der Waals surface area contributed by atoms with Gasteiger partial charge in [-0.1, -0.05) is 65.0 Å². The number of anilines is 2. The molecule has 0 unspecified atom stereocenters. The number of fused-ring (bicyclic) bond motifs is 1. The highest BCUT2D eigenvalue weighted by molar-refractivity contribution is 7.92. The molecule has 2 aromatic carbocycles. The minimum Gasteiger partial charge on any atom is -0.326 e. The number of carbonyl (C=O) groups is 2. The second-order valence-electron chi connectivity index (χ2n) is 9.98. The number of hydrogen-bond acceptors (Lipinski definition) is 4. The van der Waals surface area contributed by atoms with Crippen molar-refractivity contribution < 1.29 is 18.0 Å². The number of nitrogens with one attached hydrogen (secondary N) is 2. The molecular weight excluding hydrogens is 450 g/mol. The van der Waals surface area contributed by atoms with E-state index in [1.165, 1.54) is 0 Å². The summed E-state index contributed by atoms with van der Waals surface area (Å²) in [5.74, 6) is -0.235. The predicted molar refractivity (Wildman–Crippen MR) is 136 cm³/mol. The van der Waals surface area contributed by atoms with Crippen LogP contribution in [-0.2, 0) is 32.6 Å². The third kappa shape index (κ3) is 5.78. The molecule has 0 saturated heterocycles. The van der Waals surface area contributed by atoms with Gasteiger partial charge in [0, 0.05) is 24.1 Å². The Bertz CT molecular complexity index is 1190. The fourth-order valence-corrected chi connectivity index (χ4v) is 4.73. The van der Waals surface area contributed by atoms with E-state index >= 15 is 0 Å². The van der Waals surface area contributed by atoms with Gasteiger partial charge in [0.15, 0.2) is 0 Å². The van der Waals surface area contributed by atoms with Gasteiger partial charge >= 0.3 is 0 Å². The summed E-state index contributed by atoms with van der Waals surface area (Å²) in [6.45, 7) is 10.2. The molecule has 34 heavy (non-hydrogen) atoms. The van der Waals surface area contributed by atoms with Gasteiger partial charge < -0.3 is 10.2 Å². The summed E-state index contributed by atoms with van der Waals surface area (Å²) in [6, 6.07) is 12.3. The van der Waals surface area contributed by atoms with E-state index in [-0.39, 0.29) is 17.7 Å². The number of rotatable bonds is 7. The predicted octanol–water partition coefficient (Wildman–Crippen LogP) is 4.51. The highest BCUT2D eigenvalue weighted by atomic mass is 32.2. The lowest BCUT2D eigenvalue weighted by atomic mass is 9.85. The molecule has 2 aromatic rings. The van der Waals surface area contributed by atoms with Crippen molar-refractivity contribution in [2.24, 2.45) is 5.41 Å². The summed E-state index contributed by atoms with van der Waals surface area (Å²) in [5.41, 5.74) is 3.31. The van der Waals surface area contributed by atoms with Crippen molar-refractivity contribution in [3.8, 4) is 0 Å². The van der Waals surface area contributed by atoms with Crippen molar-refractivity contribution in [3.63, 3.8) is 0 Å². The Labute approximate surface area is 203 Å². The second kappa shape index (κ2) is 9.78. The zero-order valence-corrected chi connectivity index (χ0v) is 21.6. The van der Waals surface area contributed by atoms with Gasteiger partial charge in [-0.15, -0.1) is 0 Å². The average molecular weight is 486 g/mol. The van der Waals surface area contributed by atoms with Gasteiger partial charge in [0.1, 0.15) is 6.04 Å². The van der Waals surface area contributed by atoms with Crippen molar-refractivity contribution in [1.29, 1.82) is 0 Å². The zero-order chi connectivity index (χ0) is 25.3. The molecule has 1 aliphatic rings. The topological polar surface area (TPSA) is 95.6 Å². The fourth-order valence-electron chi connectivity index (χ4n) is 4.17. The van der Waals surface area contributed by atoms with Crippen LogP contribution in [0.4, 0.5) is 11.4 Å². The van der Waals surface area contributed by atoms with Crippen LogP contribution < -0.4 is 10.0 Å². The Hall–Kier alpha value is -2.87. The van der Waals surface area contributed by atoms with Crippen molar-refractivity contribution in [2.75, 3.05) is 16.3 Å². The quantitative estimate of drug-likeness (QED) is 0.603. The third-order valence-electron chi connectivity index (χ3n) is 6.51. The van der Waals surface area contributed by atoms with Crippen LogP contribution in [0.1, 0.15) is 63.6 Å². The SMILES string of the molecule is CCC(C)(C)C(=O)N1Cc2ccccc2C[C@H]1C(=O)Nc1cc(NS(C)(=O)=O)ccc1C(C)C. The average Bonchev–Trinajstić information content (AvgIpc) is 2.76. The summed E-state index contributed by atoms with van der Waals surface area (Å²) < 4.78 is 25.9. The summed E-state index contributed by atoms with van der Waals surface area (Å²) in [4.78, 5) is 28.8. The molecule has 8 heteroatoms. The lowest BCUT2D eigenvalue weighted by Crippen LogP contribution is -2.54. The fraction of sp³-hybridized carbons (Fsp3) is 0.462. The molecule has 0 spiro atoms. The van der Waals surface area contributed by atoms with Crippen LogP contribution in [0.25, 0.3) is 0 Å². The first-order valence-corrected chi connectivity index (χ1v) is 13.5. The monoisotopic (exact) mass is 485 g/mol. The smallest absolute Gasteiger partial charge is 0.247 e. The summed E-state index contributed by atoms with van der Waals surface area (Å²) in [7, 11) is -3.46. The number of sulfonamides is 1. The van der Waals surface area contributed by atoms with Gasteiger partial charge in [0.05, 0.1) is 11.9 Å². The maximum atomic E-state index is 13.6. The largest absolute Gasteiger partial charge is 0.326 e. The lowest BCUT2D eigenvalue weighted by Gasteiger charge is -2.40. The number of benzene rings is 2. The van der Waals surface area contributed by atoms with Gasteiger partial charge in [-0.2, -0.15) is 0 Å². The minimum atomic E-state index is -3.46. The molecule has 0 aromatic heterocycles. The molecule has 184 valence electrons. The highest BCUT2D eigenvalue weighted by Crippen LogP contribution is 2.32. The van der Waals surface area contributed by atoms with Crippen LogP contribution in [-0.4, -0.2) is 37.4 Å². The molecule has 2 amide bonds. The normalized spacial score (nSPS) is 16.2. The minimum absolute atomic E-state index is 0.0544. The van der Waals surface area contributed by atoms with E-state index in [4.69, 9.17) is 0 Å². The van der Waals surface area contributed by atoms with Crippen LogP contribution in [0.2, 0.25) is 0 Å². The molecule has 1 atom stereocenters. The Morgan fingerprint density at radius 1 is 1.12 bits per heavy atom. The molecule has 0 radical (unpaired) electrons. The maximum Gasteiger partial charge on any atom is 0.247 e. The second-order valence-corrected chi connectivity index (χ2v) is 11.7. The van der Waals surface area contributed by atoms with Crippen molar-refractivity contribution >= 4 is 33.2 Å². The van der Waals surface area contributed by atoms with Crippen LogP contribution in [0.15, 0.2) is 42.5 Å². The molecule has 1 heterocycles. The van der Waals surface area contributed by atoms with Crippen molar-refractivity contribution in [2.45, 2.75) is 66.0 Å². The zero-order valence-electron chi connectivity index (χ0n) is 20.8. The van der Waals surface area contributed by atoms with Crippen LogP contribution >= 0.6 is 0 Å². The van der Waals surface area contributed by atoms with Gasteiger partial charge in [0.2, 0.25) is 21.8 Å². The third-order valence-corrected chi connectivity index (χ3v) is 7.12. The first-order chi connectivity index (χ1) is 15.8. The van der Waals surface area contributed by atoms with Gasteiger partial charge in [-0.25, -0.2) is 8.42 Å². The number of hydrogen-bond donors (Lipinski definition) is 2. The summed E-state index contributed by atoms with van der Waals surface area (Å²) in [6.07, 6.45) is 2.17. The number of nitrogens with zero attached hydrogens (tertiary/aromatic N) is 1. The molecule has 0 bridgehead atoms. The standard InChI is InChI=1S/C26H35N3O4S/c1-7-26(4,5)25(31)29-16-19-11-9-8-10-18(19)14-23(29)24(30)27-22-15-20(28-34(6,32)33)12-13-21(22)17(2)3/h8-13,15,17,23,28H,7,14,16H2,1-6H3,(H,27,30)/t23-/m0/s1. The Kier molecular flexibility index (Phi) is 7.41. The van der Waals surface area contributed by atoms with E-state index in [1.807, 2.05) is 65.0 Å². The van der Waals surface area contributed by atoms with E-state index in [9.17, 15) is 18.0 Å². The van der Waals surface area contributed by atoms with Gasteiger partial charge in [-0.3, -0.25) is 14.3 Å². The number of amides is 2. The highest BCUT2D eigenvalue weighted by Gasteiger charge is 2.40. The van der Waals surface area contributed by atoms with Gasteiger partial charge in [-0.05, 0) is 41.2 Å². The molecule has 0 saturated carbocycles. The molecular formula is C26H35N3O4S. The van der Waals surface area contributed by atoms with Crippen LogP contribution in [0.3, 0.4) is 0 Å². The molecule has 0 fully saturated rings. The first kappa shape index (κ1) is 25.7. The van der Waals surface area contributed by atoms with E-state index in [1.54, 1.807) is 17.0 Å². The van der Waals surface area contributed by atoms with Crippen LogP contribution in [0, 0.1) is 5.41 Å². The molecule has 3 rings (SSSR count).